The van der Waals surface area contributed by atoms with E-state index in [1.54, 1.807) is 0 Å². The molecule has 0 aromatic heterocycles. The fourth-order valence-electron chi connectivity index (χ4n) is 3.25. The van der Waals surface area contributed by atoms with Crippen molar-refractivity contribution in [3.63, 3.8) is 0 Å². The zero-order valence-electron chi connectivity index (χ0n) is 13.7. The van der Waals surface area contributed by atoms with Crippen molar-refractivity contribution in [2.75, 3.05) is 50.1 Å². The second-order valence-electron chi connectivity index (χ2n) is 6.85. The van der Waals surface area contributed by atoms with Gasteiger partial charge in [0.2, 0.25) is 0 Å². The van der Waals surface area contributed by atoms with Crippen LogP contribution in [0.4, 0.5) is 11.4 Å². The second kappa shape index (κ2) is 7.34. The molecule has 22 heavy (non-hydrogen) atoms. The van der Waals surface area contributed by atoms with E-state index in [0.29, 0.717) is 12.6 Å². The fraction of sp³-hybridized carbons (Fsp3) is 0.667. The minimum atomic E-state index is 0.190. The van der Waals surface area contributed by atoms with E-state index in [0.717, 1.165) is 11.6 Å². The van der Waals surface area contributed by atoms with Crippen molar-refractivity contribution in [1.29, 1.82) is 0 Å². The third kappa shape index (κ3) is 4.37. The first-order chi connectivity index (χ1) is 10.7. The van der Waals surface area contributed by atoms with Crippen molar-refractivity contribution < 1.29 is 5.11 Å². The second-order valence-corrected chi connectivity index (χ2v) is 6.85. The van der Waals surface area contributed by atoms with Crippen LogP contribution in [-0.4, -0.2) is 55.9 Å². The molecule has 3 rings (SSSR count). The Labute approximate surface area is 134 Å². The van der Waals surface area contributed by atoms with Crippen molar-refractivity contribution in [3.05, 3.63) is 24.3 Å². The Kier molecular flexibility index (Phi) is 5.21. The molecule has 1 saturated heterocycles. The number of rotatable bonds is 7. The van der Waals surface area contributed by atoms with Crippen LogP contribution in [0.2, 0.25) is 0 Å². The van der Waals surface area contributed by atoms with Gasteiger partial charge in [-0.25, -0.2) is 0 Å². The number of likely N-dealkylation sites (tertiary alicyclic amines) is 1. The number of nitrogens with one attached hydrogen (secondary N) is 1. The lowest BCUT2D eigenvalue weighted by molar-refractivity contribution is 0.211. The summed E-state index contributed by atoms with van der Waals surface area (Å²) in [6.45, 7) is 4.68. The molecule has 0 amide bonds. The van der Waals surface area contributed by atoms with Crippen LogP contribution in [0.15, 0.2) is 24.3 Å². The molecule has 1 aromatic rings. The molecule has 4 heteroatoms. The molecule has 2 fully saturated rings. The number of hydrogen-bond donors (Lipinski definition) is 2. The van der Waals surface area contributed by atoms with E-state index < -0.39 is 0 Å². The summed E-state index contributed by atoms with van der Waals surface area (Å²) in [6, 6.07) is 9.16. The summed E-state index contributed by atoms with van der Waals surface area (Å²) in [5.74, 6) is 1.01. The molecule has 1 aromatic carbocycles. The first kappa shape index (κ1) is 15.6. The minimum absolute atomic E-state index is 0.190. The fourth-order valence-corrected chi connectivity index (χ4v) is 3.25. The molecule has 122 valence electrons. The average molecular weight is 303 g/mol. The van der Waals surface area contributed by atoms with Gasteiger partial charge in [0, 0.05) is 50.6 Å². The molecule has 1 aliphatic carbocycles. The third-order valence-corrected chi connectivity index (χ3v) is 4.92. The molecule has 1 aliphatic heterocycles. The molecule has 0 spiro atoms. The predicted molar refractivity (Wildman–Crippen MR) is 92.6 cm³/mol. The third-order valence-electron chi connectivity index (χ3n) is 4.92. The Morgan fingerprint density at radius 2 is 1.82 bits per heavy atom. The summed E-state index contributed by atoms with van der Waals surface area (Å²) in [7, 11) is 2.01. The highest BCUT2D eigenvalue weighted by molar-refractivity contribution is 5.55. The molecule has 0 radical (unpaired) electrons. The maximum atomic E-state index is 8.99. The Hall–Kier alpha value is -1.26. The van der Waals surface area contributed by atoms with Gasteiger partial charge >= 0.3 is 0 Å². The Morgan fingerprint density at radius 1 is 1.14 bits per heavy atom. The number of piperidine rings is 1. The van der Waals surface area contributed by atoms with Crippen molar-refractivity contribution in [2.24, 2.45) is 5.92 Å². The van der Waals surface area contributed by atoms with Gasteiger partial charge in [0.25, 0.3) is 0 Å². The van der Waals surface area contributed by atoms with Crippen molar-refractivity contribution >= 4 is 11.4 Å². The summed E-state index contributed by atoms with van der Waals surface area (Å²) in [5, 5.41) is 12.7. The smallest absolute Gasteiger partial charge is 0.0606 e. The minimum Gasteiger partial charge on any atom is -0.395 e. The Bertz CT molecular complexity index is 450. The largest absolute Gasteiger partial charge is 0.395 e. The predicted octanol–water partition coefficient (Wildman–Crippen LogP) is 2.40. The molecular formula is C18H29N3O. The van der Waals surface area contributed by atoms with Crippen LogP contribution in [0.25, 0.3) is 0 Å². The first-order valence-electron chi connectivity index (χ1n) is 8.65. The van der Waals surface area contributed by atoms with Gasteiger partial charge in [0.15, 0.2) is 0 Å². The van der Waals surface area contributed by atoms with Gasteiger partial charge in [0.1, 0.15) is 0 Å². The van der Waals surface area contributed by atoms with Crippen LogP contribution in [0.3, 0.4) is 0 Å². The van der Waals surface area contributed by atoms with Gasteiger partial charge in [-0.15, -0.1) is 0 Å². The molecule has 0 unspecified atom stereocenters. The highest BCUT2D eigenvalue weighted by Crippen LogP contribution is 2.30. The summed E-state index contributed by atoms with van der Waals surface area (Å²) in [6.07, 6.45) is 5.41. The molecule has 2 aliphatic rings. The maximum absolute atomic E-state index is 8.99. The van der Waals surface area contributed by atoms with Crippen LogP contribution in [-0.2, 0) is 0 Å². The van der Waals surface area contributed by atoms with Crippen LogP contribution < -0.4 is 10.2 Å². The number of likely N-dealkylation sites (N-methyl/N-ethyl adjacent to an activating group) is 1. The molecule has 2 N–H and O–H groups in total. The maximum Gasteiger partial charge on any atom is 0.0606 e. The van der Waals surface area contributed by atoms with E-state index in [9.17, 15) is 0 Å². The zero-order chi connectivity index (χ0) is 15.4. The number of hydrogen-bond acceptors (Lipinski definition) is 4. The highest BCUT2D eigenvalue weighted by Gasteiger charge is 2.26. The van der Waals surface area contributed by atoms with Crippen molar-refractivity contribution in [1.82, 2.24) is 4.90 Å². The quantitative estimate of drug-likeness (QED) is 0.811. The lowest BCUT2D eigenvalue weighted by Crippen LogP contribution is -2.40. The molecule has 4 nitrogen and oxygen atoms in total. The van der Waals surface area contributed by atoms with E-state index in [-0.39, 0.29) is 6.61 Å². The topological polar surface area (TPSA) is 38.7 Å². The SMILES string of the molecule is CN(CCO)c1ccc(NC2CCN(CC3CC3)CC2)cc1. The highest BCUT2D eigenvalue weighted by atomic mass is 16.3. The van der Waals surface area contributed by atoms with E-state index >= 15 is 0 Å². The van der Waals surface area contributed by atoms with Crippen LogP contribution >= 0.6 is 0 Å². The zero-order valence-corrected chi connectivity index (χ0v) is 13.7. The van der Waals surface area contributed by atoms with Gasteiger partial charge in [-0.2, -0.15) is 0 Å². The van der Waals surface area contributed by atoms with Crippen LogP contribution in [0.5, 0.6) is 0 Å². The number of anilines is 2. The summed E-state index contributed by atoms with van der Waals surface area (Å²) in [4.78, 5) is 4.71. The molecule has 0 bridgehead atoms. The lowest BCUT2D eigenvalue weighted by Gasteiger charge is -2.33. The normalized spacial score (nSPS) is 20.1. The van der Waals surface area contributed by atoms with Gasteiger partial charge < -0.3 is 20.2 Å². The average Bonchev–Trinajstić information content (AvgIpc) is 3.34. The van der Waals surface area contributed by atoms with E-state index in [2.05, 4.69) is 39.4 Å². The standard InChI is InChI=1S/C18H29N3O/c1-20(12-13-22)18-6-4-16(5-7-18)19-17-8-10-21(11-9-17)14-15-2-3-15/h4-7,15,17,19,22H,2-3,8-14H2,1H3. The van der Waals surface area contributed by atoms with E-state index in [4.69, 9.17) is 5.11 Å². The molecule has 1 saturated carbocycles. The van der Waals surface area contributed by atoms with Crippen LogP contribution in [0, 0.1) is 5.92 Å². The molecular weight excluding hydrogens is 274 g/mol. The first-order valence-corrected chi connectivity index (χ1v) is 8.65. The monoisotopic (exact) mass is 303 g/mol. The molecule has 1 heterocycles. The lowest BCUT2D eigenvalue weighted by atomic mass is 10.0. The van der Waals surface area contributed by atoms with Gasteiger partial charge in [-0.3, -0.25) is 0 Å². The summed E-state index contributed by atoms with van der Waals surface area (Å²) in [5.41, 5.74) is 2.36. The van der Waals surface area contributed by atoms with Gasteiger partial charge in [-0.1, -0.05) is 0 Å². The Balaban J connectivity index is 1.45. The van der Waals surface area contributed by atoms with Crippen molar-refractivity contribution in [3.8, 4) is 0 Å². The van der Waals surface area contributed by atoms with Crippen molar-refractivity contribution in [2.45, 2.75) is 31.7 Å². The Morgan fingerprint density at radius 3 is 2.41 bits per heavy atom. The van der Waals surface area contributed by atoms with Gasteiger partial charge in [-0.05, 0) is 55.9 Å². The van der Waals surface area contributed by atoms with Crippen LogP contribution in [0.1, 0.15) is 25.7 Å². The number of aliphatic hydroxyl groups excluding tert-OH is 1. The number of benzene rings is 1. The van der Waals surface area contributed by atoms with E-state index in [1.807, 2.05) is 7.05 Å². The summed E-state index contributed by atoms with van der Waals surface area (Å²) < 4.78 is 0. The number of nitrogens with zero attached hydrogens (tertiary/aromatic N) is 2. The molecule has 0 atom stereocenters. The van der Waals surface area contributed by atoms with E-state index in [1.165, 1.54) is 51.0 Å². The van der Waals surface area contributed by atoms with Gasteiger partial charge in [0.05, 0.1) is 6.61 Å². The number of aliphatic hydroxyl groups is 1. The summed E-state index contributed by atoms with van der Waals surface area (Å²) >= 11 is 0.